The molecule has 3 rings (SSSR count). The van der Waals surface area contributed by atoms with Crippen molar-refractivity contribution in [1.82, 2.24) is 4.72 Å². The molecule has 132 valence electrons. The average molecular weight is 444 g/mol. The van der Waals surface area contributed by atoms with E-state index in [1.165, 1.54) is 12.1 Å². The van der Waals surface area contributed by atoms with Crippen LogP contribution in [0.1, 0.15) is 28.8 Å². The maximum Gasteiger partial charge on any atom is 0.256 e. The van der Waals surface area contributed by atoms with Crippen molar-refractivity contribution in [3.8, 4) is 0 Å². The molecule has 0 unspecified atom stereocenters. The molecule has 0 aromatic heterocycles. The number of sulfonamides is 1. The molecule has 2 aromatic rings. The number of hydrogen-bond donors (Lipinski definition) is 2. The van der Waals surface area contributed by atoms with Crippen LogP contribution in [-0.4, -0.2) is 20.4 Å². The summed E-state index contributed by atoms with van der Waals surface area (Å²) >= 11 is 9.36. The van der Waals surface area contributed by atoms with Gasteiger partial charge in [0.1, 0.15) is 0 Å². The lowest BCUT2D eigenvalue weighted by atomic mass is 10.2. The van der Waals surface area contributed by atoms with Gasteiger partial charge in [-0.3, -0.25) is 4.79 Å². The molecule has 0 heterocycles. The minimum Gasteiger partial charge on any atom is -0.322 e. The fourth-order valence-electron chi connectivity index (χ4n) is 2.20. The average Bonchev–Trinajstić information content (AvgIpc) is 3.34. The van der Waals surface area contributed by atoms with Gasteiger partial charge in [-0.05, 0) is 71.6 Å². The first-order valence-electron chi connectivity index (χ1n) is 7.65. The number of carbonyl (C=O) groups excluding carboxylic acids is 1. The summed E-state index contributed by atoms with van der Waals surface area (Å²) in [6.07, 6.45) is 1.69. The Morgan fingerprint density at radius 3 is 2.56 bits per heavy atom. The van der Waals surface area contributed by atoms with E-state index in [2.05, 4.69) is 26.0 Å². The zero-order chi connectivity index (χ0) is 18.2. The molecule has 0 atom stereocenters. The van der Waals surface area contributed by atoms with E-state index in [9.17, 15) is 13.2 Å². The van der Waals surface area contributed by atoms with Crippen molar-refractivity contribution in [2.24, 2.45) is 0 Å². The van der Waals surface area contributed by atoms with E-state index < -0.39 is 15.9 Å². The SMILES string of the molecule is Cc1ccc(NC(=O)c2cc(S(=O)(=O)NC3CC3)ccc2Br)cc1Cl. The zero-order valence-electron chi connectivity index (χ0n) is 13.3. The van der Waals surface area contributed by atoms with Crippen molar-refractivity contribution in [3.63, 3.8) is 0 Å². The lowest BCUT2D eigenvalue weighted by molar-refractivity contribution is 0.102. The van der Waals surface area contributed by atoms with Crippen molar-refractivity contribution in [1.29, 1.82) is 0 Å². The monoisotopic (exact) mass is 442 g/mol. The number of anilines is 1. The standard InChI is InChI=1S/C17H16BrClN2O3S/c1-10-2-3-12(8-16(10)19)20-17(22)14-9-13(6-7-15(14)18)25(23,24)21-11-4-5-11/h2-3,6-9,11,21H,4-5H2,1H3,(H,20,22). The highest BCUT2D eigenvalue weighted by Crippen LogP contribution is 2.26. The van der Waals surface area contributed by atoms with Crippen LogP contribution in [0.3, 0.4) is 0 Å². The van der Waals surface area contributed by atoms with Crippen molar-refractivity contribution in [2.75, 3.05) is 5.32 Å². The van der Waals surface area contributed by atoms with Crippen LogP contribution in [0, 0.1) is 6.92 Å². The predicted octanol–water partition coefficient (Wildman–Crippen LogP) is 4.10. The van der Waals surface area contributed by atoms with Gasteiger partial charge in [0, 0.05) is 21.2 Å². The molecule has 0 saturated heterocycles. The summed E-state index contributed by atoms with van der Waals surface area (Å²) in [5.74, 6) is -0.421. The molecule has 2 N–H and O–H groups in total. The second-order valence-corrected chi connectivity index (χ2v) is 8.93. The Hall–Kier alpha value is -1.41. The van der Waals surface area contributed by atoms with Gasteiger partial charge in [-0.15, -0.1) is 0 Å². The minimum absolute atomic E-state index is 0.000577. The number of halogens is 2. The molecule has 1 aliphatic rings. The topological polar surface area (TPSA) is 75.3 Å². The maximum absolute atomic E-state index is 12.5. The molecule has 1 fully saturated rings. The lowest BCUT2D eigenvalue weighted by Crippen LogP contribution is -2.26. The van der Waals surface area contributed by atoms with Crippen LogP contribution in [0.15, 0.2) is 45.8 Å². The fraction of sp³-hybridized carbons (Fsp3) is 0.235. The summed E-state index contributed by atoms with van der Waals surface area (Å²) < 4.78 is 27.8. The van der Waals surface area contributed by atoms with Gasteiger partial charge >= 0.3 is 0 Å². The van der Waals surface area contributed by atoms with E-state index in [1.54, 1.807) is 24.3 Å². The van der Waals surface area contributed by atoms with Crippen LogP contribution in [-0.2, 0) is 10.0 Å². The smallest absolute Gasteiger partial charge is 0.256 e. The highest BCUT2D eigenvalue weighted by molar-refractivity contribution is 9.10. The molecular weight excluding hydrogens is 428 g/mol. The summed E-state index contributed by atoms with van der Waals surface area (Å²) in [6.45, 7) is 1.87. The molecule has 25 heavy (non-hydrogen) atoms. The van der Waals surface area contributed by atoms with Gasteiger partial charge in [-0.2, -0.15) is 0 Å². The Kier molecular flexibility index (Phi) is 5.20. The van der Waals surface area contributed by atoms with Crippen LogP contribution >= 0.6 is 27.5 Å². The number of benzene rings is 2. The van der Waals surface area contributed by atoms with Crippen LogP contribution in [0.4, 0.5) is 5.69 Å². The van der Waals surface area contributed by atoms with Gasteiger partial charge in [0.15, 0.2) is 0 Å². The second-order valence-electron chi connectivity index (χ2n) is 5.96. The summed E-state index contributed by atoms with van der Waals surface area (Å²) in [5.41, 5.74) is 1.67. The minimum atomic E-state index is -3.63. The van der Waals surface area contributed by atoms with Crippen LogP contribution < -0.4 is 10.0 Å². The van der Waals surface area contributed by atoms with Crippen LogP contribution in [0.25, 0.3) is 0 Å². The fourth-order valence-corrected chi connectivity index (χ4v) is 4.14. The highest BCUT2D eigenvalue weighted by Gasteiger charge is 2.28. The van der Waals surface area contributed by atoms with E-state index in [-0.39, 0.29) is 16.5 Å². The molecule has 0 bridgehead atoms. The van der Waals surface area contributed by atoms with E-state index in [1.807, 2.05) is 6.92 Å². The van der Waals surface area contributed by atoms with Crippen LogP contribution in [0.2, 0.25) is 5.02 Å². The van der Waals surface area contributed by atoms with Crippen molar-refractivity contribution in [2.45, 2.75) is 30.7 Å². The lowest BCUT2D eigenvalue weighted by Gasteiger charge is -2.11. The summed E-state index contributed by atoms with van der Waals surface area (Å²) in [7, 11) is -3.63. The molecule has 1 aliphatic carbocycles. The van der Waals surface area contributed by atoms with Gasteiger partial charge in [-0.25, -0.2) is 13.1 Å². The number of amides is 1. The third-order valence-electron chi connectivity index (χ3n) is 3.82. The number of hydrogen-bond acceptors (Lipinski definition) is 3. The molecular formula is C17H16BrClN2O3S. The first kappa shape index (κ1) is 18.4. The molecule has 8 heteroatoms. The molecule has 5 nitrogen and oxygen atoms in total. The van der Waals surface area contributed by atoms with Gasteiger partial charge in [-0.1, -0.05) is 17.7 Å². The van der Waals surface area contributed by atoms with Crippen molar-refractivity contribution < 1.29 is 13.2 Å². The summed E-state index contributed by atoms with van der Waals surface area (Å²) in [5, 5.41) is 3.27. The van der Waals surface area contributed by atoms with Gasteiger partial charge in [0.2, 0.25) is 10.0 Å². The quantitative estimate of drug-likeness (QED) is 0.730. The summed E-state index contributed by atoms with van der Waals surface area (Å²) in [6, 6.07) is 9.57. The van der Waals surface area contributed by atoms with Crippen molar-refractivity contribution in [3.05, 3.63) is 57.0 Å². The Morgan fingerprint density at radius 2 is 1.92 bits per heavy atom. The van der Waals surface area contributed by atoms with Crippen LogP contribution in [0.5, 0.6) is 0 Å². The third-order valence-corrected chi connectivity index (χ3v) is 6.44. The number of aryl methyl sites for hydroxylation is 1. The molecule has 0 spiro atoms. The van der Waals surface area contributed by atoms with E-state index in [0.717, 1.165) is 18.4 Å². The van der Waals surface area contributed by atoms with Gasteiger partial charge < -0.3 is 5.32 Å². The Labute approximate surface area is 160 Å². The molecule has 2 aromatic carbocycles. The maximum atomic E-state index is 12.5. The summed E-state index contributed by atoms with van der Waals surface area (Å²) in [4.78, 5) is 12.6. The molecule has 0 aliphatic heterocycles. The first-order valence-corrected chi connectivity index (χ1v) is 10.3. The largest absolute Gasteiger partial charge is 0.322 e. The third kappa shape index (κ3) is 4.41. The molecule has 1 amide bonds. The van der Waals surface area contributed by atoms with E-state index >= 15 is 0 Å². The van der Waals surface area contributed by atoms with Gasteiger partial charge in [0.05, 0.1) is 10.5 Å². The Balaban J connectivity index is 1.86. The van der Waals surface area contributed by atoms with Crippen molar-refractivity contribution >= 4 is 49.1 Å². The van der Waals surface area contributed by atoms with E-state index in [0.29, 0.717) is 15.2 Å². The second kappa shape index (κ2) is 7.07. The predicted molar refractivity (Wildman–Crippen MR) is 102 cm³/mol. The Morgan fingerprint density at radius 1 is 1.20 bits per heavy atom. The zero-order valence-corrected chi connectivity index (χ0v) is 16.5. The molecule has 0 radical (unpaired) electrons. The first-order chi connectivity index (χ1) is 11.8. The Bertz CT molecular complexity index is 943. The number of rotatable bonds is 5. The van der Waals surface area contributed by atoms with E-state index in [4.69, 9.17) is 11.6 Å². The number of carbonyl (C=O) groups is 1. The normalized spacial score (nSPS) is 14.4. The van der Waals surface area contributed by atoms with Gasteiger partial charge in [0.25, 0.3) is 5.91 Å². The highest BCUT2D eigenvalue weighted by atomic mass is 79.9. The molecule has 1 saturated carbocycles. The number of nitrogens with one attached hydrogen (secondary N) is 2.